The fraction of sp³-hybridized carbons (Fsp3) is 0.806. The molecule has 0 N–H and O–H groups in total. The van der Waals surface area contributed by atoms with Crippen LogP contribution in [0, 0.1) is 0 Å². The Morgan fingerprint density at radius 1 is 0.771 bits per heavy atom. The van der Waals surface area contributed by atoms with E-state index >= 15 is 0 Å². The predicted octanol–water partition coefficient (Wildman–Crippen LogP) is 8.61. The summed E-state index contributed by atoms with van der Waals surface area (Å²) < 4.78 is 23.8. The average Bonchev–Trinajstić information content (AvgIpc) is 2.90. The molecule has 0 aliphatic carbocycles. The largest absolute Gasteiger partial charge is 0.379 e. The van der Waals surface area contributed by atoms with E-state index in [1.54, 1.807) is 0 Å². The number of hydrogen-bond acceptors (Lipinski definition) is 4. The Morgan fingerprint density at radius 3 is 2.00 bits per heavy atom. The molecule has 4 heteroatoms. The number of benzene rings is 1. The number of hydrogen-bond donors (Lipinski definition) is 0. The summed E-state index contributed by atoms with van der Waals surface area (Å²) >= 11 is 0. The standard InChI is InChI=1S/C31H54O4/c1-2-3-4-5-6-7-8-9-10-11-12-13-14-19-24-32-27-30(28-35-31-23-18-20-25-33-31)34-26-29-21-16-15-17-22-29/h15-17,21-22,30-31H,2-14,18-20,23-28H2,1H3/t30-,31?/m1/s1. The van der Waals surface area contributed by atoms with Gasteiger partial charge < -0.3 is 18.9 Å². The van der Waals surface area contributed by atoms with Crippen LogP contribution in [0.25, 0.3) is 0 Å². The zero-order valence-corrected chi connectivity index (χ0v) is 22.7. The van der Waals surface area contributed by atoms with Crippen LogP contribution in [-0.2, 0) is 25.6 Å². The van der Waals surface area contributed by atoms with Crippen LogP contribution < -0.4 is 0 Å². The molecule has 4 nitrogen and oxygen atoms in total. The van der Waals surface area contributed by atoms with E-state index in [4.69, 9.17) is 18.9 Å². The Bertz CT molecular complexity index is 558. The van der Waals surface area contributed by atoms with Crippen molar-refractivity contribution >= 4 is 0 Å². The zero-order chi connectivity index (χ0) is 24.7. The molecule has 0 saturated carbocycles. The van der Waals surface area contributed by atoms with E-state index in [9.17, 15) is 0 Å². The number of ether oxygens (including phenoxy) is 4. The van der Waals surface area contributed by atoms with Crippen molar-refractivity contribution in [1.82, 2.24) is 0 Å². The molecule has 1 saturated heterocycles. The van der Waals surface area contributed by atoms with Gasteiger partial charge in [-0.25, -0.2) is 0 Å². The first-order valence-electron chi connectivity index (χ1n) is 14.8. The van der Waals surface area contributed by atoms with Crippen LogP contribution in [0.2, 0.25) is 0 Å². The smallest absolute Gasteiger partial charge is 0.157 e. The minimum atomic E-state index is -0.0858. The summed E-state index contributed by atoms with van der Waals surface area (Å²) in [6.45, 7) is 5.59. The van der Waals surface area contributed by atoms with Gasteiger partial charge in [0.15, 0.2) is 6.29 Å². The summed E-state index contributed by atoms with van der Waals surface area (Å²) in [7, 11) is 0. The highest BCUT2D eigenvalue weighted by Gasteiger charge is 2.18. The molecule has 0 aromatic heterocycles. The molecule has 35 heavy (non-hydrogen) atoms. The van der Waals surface area contributed by atoms with E-state index < -0.39 is 0 Å². The molecule has 1 fully saturated rings. The van der Waals surface area contributed by atoms with Gasteiger partial charge in [-0.15, -0.1) is 0 Å². The van der Waals surface area contributed by atoms with Gasteiger partial charge in [-0.05, 0) is 31.2 Å². The molecule has 0 amide bonds. The van der Waals surface area contributed by atoms with Crippen LogP contribution in [0.4, 0.5) is 0 Å². The second kappa shape index (κ2) is 22.3. The molecule has 1 unspecified atom stereocenters. The van der Waals surface area contributed by atoms with Gasteiger partial charge in [-0.1, -0.05) is 121 Å². The van der Waals surface area contributed by atoms with Gasteiger partial charge in [0.25, 0.3) is 0 Å². The molecular weight excluding hydrogens is 436 g/mol. The summed E-state index contributed by atoms with van der Waals surface area (Å²) in [6.07, 6.45) is 22.4. The van der Waals surface area contributed by atoms with E-state index in [-0.39, 0.29) is 12.4 Å². The van der Waals surface area contributed by atoms with Crippen molar-refractivity contribution in [3.63, 3.8) is 0 Å². The third-order valence-electron chi connectivity index (χ3n) is 6.88. The maximum atomic E-state index is 6.14. The Balaban J connectivity index is 1.45. The van der Waals surface area contributed by atoms with E-state index in [1.807, 2.05) is 18.2 Å². The van der Waals surface area contributed by atoms with E-state index in [1.165, 1.54) is 95.5 Å². The van der Waals surface area contributed by atoms with Crippen LogP contribution in [0.15, 0.2) is 30.3 Å². The van der Waals surface area contributed by atoms with Crippen molar-refractivity contribution in [2.24, 2.45) is 0 Å². The van der Waals surface area contributed by atoms with E-state index in [0.29, 0.717) is 19.8 Å². The van der Waals surface area contributed by atoms with Crippen molar-refractivity contribution in [1.29, 1.82) is 0 Å². The summed E-state index contributed by atoms with van der Waals surface area (Å²) in [6, 6.07) is 10.3. The Kier molecular flexibility index (Phi) is 19.3. The first kappa shape index (κ1) is 30.3. The lowest BCUT2D eigenvalue weighted by molar-refractivity contribution is -0.186. The highest BCUT2D eigenvalue weighted by molar-refractivity contribution is 5.13. The highest BCUT2D eigenvalue weighted by Crippen LogP contribution is 2.16. The molecule has 1 aliphatic rings. The SMILES string of the molecule is CCCCCCCCCCCCCCCCOC[C@H](COC1CCCCO1)OCc1ccccc1. The second-order valence-electron chi connectivity index (χ2n) is 10.2. The summed E-state index contributed by atoms with van der Waals surface area (Å²) in [5, 5.41) is 0. The normalized spacial score (nSPS) is 17.0. The lowest BCUT2D eigenvalue weighted by atomic mass is 10.0. The third-order valence-corrected chi connectivity index (χ3v) is 6.88. The zero-order valence-electron chi connectivity index (χ0n) is 22.7. The first-order valence-corrected chi connectivity index (χ1v) is 14.8. The molecule has 1 heterocycles. The monoisotopic (exact) mass is 490 g/mol. The maximum Gasteiger partial charge on any atom is 0.157 e. The van der Waals surface area contributed by atoms with Crippen molar-refractivity contribution in [3.05, 3.63) is 35.9 Å². The van der Waals surface area contributed by atoms with E-state index in [0.717, 1.165) is 32.5 Å². The van der Waals surface area contributed by atoms with Gasteiger partial charge >= 0.3 is 0 Å². The fourth-order valence-electron chi connectivity index (χ4n) is 4.60. The summed E-state index contributed by atoms with van der Waals surface area (Å²) in [5.41, 5.74) is 1.18. The third kappa shape index (κ3) is 17.2. The molecule has 0 radical (unpaired) electrons. The molecule has 1 aromatic rings. The van der Waals surface area contributed by atoms with Gasteiger partial charge in [-0.3, -0.25) is 0 Å². The Morgan fingerprint density at radius 2 is 1.40 bits per heavy atom. The quantitative estimate of drug-likeness (QED) is 0.144. The van der Waals surface area contributed by atoms with E-state index in [2.05, 4.69) is 19.1 Å². The minimum absolute atomic E-state index is 0.0626. The average molecular weight is 491 g/mol. The molecule has 1 aromatic carbocycles. The molecule has 202 valence electrons. The van der Waals surface area contributed by atoms with Crippen molar-refractivity contribution in [3.8, 4) is 0 Å². The number of rotatable bonds is 23. The summed E-state index contributed by atoms with van der Waals surface area (Å²) in [4.78, 5) is 0. The molecular formula is C31H54O4. The van der Waals surface area contributed by atoms with Crippen molar-refractivity contribution in [2.45, 2.75) is 135 Å². The van der Waals surface area contributed by atoms with Crippen LogP contribution in [-0.4, -0.2) is 38.8 Å². The van der Waals surface area contributed by atoms with Gasteiger partial charge in [0, 0.05) is 13.2 Å². The molecule has 0 spiro atoms. The molecule has 0 bridgehead atoms. The topological polar surface area (TPSA) is 36.9 Å². The van der Waals surface area contributed by atoms with Gasteiger partial charge in [0.1, 0.15) is 6.10 Å². The summed E-state index contributed by atoms with van der Waals surface area (Å²) in [5.74, 6) is 0. The van der Waals surface area contributed by atoms with Crippen LogP contribution in [0.5, 0.6) is 0 Å². The predicted molar refractivity (Wildman–Crippen MR) is 146 cm³/mol. The molecule has 2 rings (SSSR count). The second-order valence-corrected chi connectivity index (χ2v) is 10.2. The maximum absolute atomic E-state index is 6.14. The lowest BCUT2D eigenvalue weighted by Gasteiger charge is -2.25. The Hall–Kier alpha value is -0.940. The van der Waals surface area contributed by atoms with Crippen molar-refractivity contribution < 1.29 is 18.9 Å². The van der Waals surface area contributed by atoms with Crippen LogP contribution >= 0.6 is 0 Å². The first-order chi connectivity index (χ1) is 17.4. The van der Waals surface area contributed by atoms with Gasteiger partial charge in [-0.2, -0.15) is 0 Å². The molecule has 1 aliphatic heterocycles. The molecule has 2 atom stereocenters. The van der Waals surface area contributed by atoms with Gasteiger partial charge in [0.05, 0.1) is 19.8 Å². The van der Waals surface area contributed by atoms with Crippen LogP contribution in [0.1, 0.15) is 122 Å². The van der Waals surface area contributed by atoms with Crippen LogP contribution in [0.3, 0.4) is 0 Å². The highest BCUT2D eigenvalue weighted by atomic mass is 16.7. The lowest BCUT2D eigenvalue weighted by Crippen LogP contribution is -2.31. The Labute approximate surface area is 216 Å². The van der Waals surface area contributed by atoms with Gasteiger partial charge in [0.2, 0.25) is 0 Å². The minimum Gasteiger partial charge on any atom is -0.379 e. The number of unbranched alkanes of at least 4 members (excludes halogenated alkanes) is 13. The van der Waals surface area contributed by atoms with Crippen molar-refractivity contribution in [2.75, 3.05) is 26.4 Å². The fourth-order valence-corrected chi connectivity index (χ4v) is 4.60.